The van der Waals surface area contributed by atoms with E-state index in [9.17, 15) is 0 Å². The molecule has 0 saturated heterocycles. The standard InChI is InChI=1S/C13H18N2O/c1-4-16-13-7-5-12(6-8-13)10-15(3)11(2)9-14/h5-8,11H,4,10H2,1-3H3. The summed E-state index contributed by atoms with van der Waals surface area (Å²) < 4.78 is 5.37. The highest BCUT2D eigenvalue weighted by Crippen LogP contribution is 2.13. The van der Waals surface area contributed by atoms with Gasteiger partial charge in [-0.05, 0) is 38.6 Å². The van der Waals surface area contributed by atoms with Gasteiger partial charge in [0.15, 0.2) is 0 Å². The number of hydrogen-bond donors (Lipinski definition) is 0. The Morgan fingerprint density at radius 2 is 2.00 bits per heavy atom. The summed E-state index contributed by atoms with van der Waals surface area (Å²) in [6, 6.07) is 10.1. The number of rotatable bonds is 5. The largest absolute Gasteiger partial charge is 0.494 e. The normalized spacial score (nSPS) is 12.2. The van der Waals surface area contributed by atoms with Crippen molar-refractivity contribution < 1.29 is 4.74 Å². The predicted molar refractivity (Wildman–Crippen MR) is 64.2 cm³/mol. The van der Waals surface area contributed by atoms with Crippen LogP contribution in [0.1, 0.15) is 19.4 Å². The van der Waals surface area contributed by atoms with Crippen molar-refractivity contribution in [2.45, 2.75) is 26.4 Å². The fraction of sp³-hybridized carbons (Fsp3) is 0.462. The van der Waals surface area contributed by atoms with E-state index in [2.05, 4.69) is 6.07 Å². The third-order valence-electron chi connectivity index (χ3n) is 2.51. The summed E-state index contributed by atoms with van der Waals surface area (Å²) in [5.41, 5.74) is 1.19. The molecule has 0 spiro atoms. The van der Waals surface area contributed by atoms with Crippen LogP contribution in [0, 0.1) is 11.3 Å². The molecule has 0 aliphatic carbocycles. The molecule has 0 aliphatic heterocycles. The van der Waals surface area contributed by atoms with Crippen molar-refractivity contribution in [2.75, 3.05) is 13.7 Å². The molecule has 1 aromatic carbocycles. The first-order chi connectivity index (χ1) is 7.67. The van der Waals surface area contributed by atoms with Crippen molar-refractivity contribution in [1.29, 1.82) is 5.26 Å². The highest BCUT2D eigenvalue weighted by Gasteiger charge is 2.07. The van der Waals surface area contributed by atoms with Crippen molar-refractivity contribution in [1.82, 2.24) is 4.90 Å². The zero-order valence-electron chi connectivity index (χ0n) is 10.1. The van der Waals surface area contributed by atoms with Crippen LogP contribution in [0.5, 0.6) is 5.75 Å². The molecule has 3 heteroatoms. The summed E-state index contributed by atoms with van der Waals surface area (Å²) >= 11 is 0. The predicted octanol–water partition coefficient (Wildman–Crippen LogP) is 2.43. The van der Waals surface area contributed by atoms with Gasteiger partial charge in [-0.2, -0.15) is 5.26 Å². The summed E-state index contributed by atoms with van der Waals surface area (Å²) in [5, 5.41) is 8.79. The van der Waals surface area contributed by atoms with Crippen LogP contribution in [0.2, 0.25) is 0 Å². The van der Waals surface area contributed by atoms with E-state index in [4.69, 9.17) is 10.00 Å². The quantitative estimate of drug-likeness (QED) is 0.761. The van der Waals surface area contributed by atoms with Gasteiger partial charge in [-0.25, -0.2) is 0 Å². The van der Waals surface area contributed by atoms with Crippen molar-refractivity contribution in [3.8, 4) is 11.8 Å². The van der Waals surface area contributed by atoms with Crippen LogP contribution < -0.4 is 4.74 Å². The maximum absolute atomic E-state index is 8.79. The van der Waals surface area contributed by atoms with Crippen LogP contribution in [0.3, 0.4) is 0 Å². The van der Waals surface area contributed by atoms with Crippen molar-refractivity contribution in [2.24, 2.45) is 0 Å². The van der Waals surface area contributed by atoms with E-state index in [1.54, 1.807) is 0 Å². The Morgan fingerprint density at radius 3 is 2.50 bits per heavy atom. The molecule has 0 fully saturated rings. The summed E-state index contributed by atoms with van der Waals surface area (Å²) in [5.74, 6) is 0.891. The molecule has 0 N–H and O–H groups in total. The van der Waals surface area contributed by atoms with Gasteiger partial charge >= 0.3 is 0 Å². The van der Waals surface area contributed by atoms with Crippen LogP contribution in [0.15, 0.2) is 24.3 Å². The van der Waals surface area contributed by atoms with E-state index in [0.717, 1.165) is 12.3 Å². The molecule has 1 atom stereocenters. The topological polar surface area (TPSA) is 36.3 Å². The molecule has 0 amide bonds. The molecular weight excluding hydrogens is 200 g/mol. The minimum Gasteiger partial charge on any atom is -0.494 e. The molecule has 16 heavy (non-hydrogen) atoms. The summed E-state index contributed by atoms with van der Waals surface area (Å²) in [6.45, 7) is 5.33. The highest BCUT2D eigenvalue weighted by atomic mass is 16.5. The molecule has 0 aliphatic rings. The van der Waals surface area contributed by atoms with Gasteiger partial charge in [0.25, 0.3) is 0 Å². The molecule has 86 valence electrons. The third kappa shape index (κ3) is 3.56. The number of hydrogen-bond acceptors (Lipinski definition) is 3. The second-order valence-corrected chi connectivity index (χ2v) is 3.80. The highest BCUT2D eigenvalue weighted by molar-refractivity contribution is 5.27. The molecule has 0 radical (unpaired) electrons. The van der Waals surface area contributed by atoms with Gasteiger partial charge < -0.3 is 4.74 Å². The Balaban J connectivity index is 2.58. The first-order valence-corrected chi connectivity index (χ1v) is 5.49. The summed E-state index contributed by atoms with van der Waals surface area (Å²) in [6.07, 6.45) is 0. The maximum atomic E-state index is 8.79. The Bertz CT molecular complexity index is 353. The number of ether oxygens (including phenoxy) is 1. The maximum Gasteiger partial charge on any atom is 0.119 e. The third-order valence-corrected chi connectivity index (χ3v) is 2.51. The first kappa shape index (κ1) is 12.5. The number of nitrogens with zero attached hydrogens (tertiary/aromatic N) is 2. The van der Waals surface area contributed by atoms with Gasteiger partial charge in [0.1, 0.15) is 5.75 Å². The Labute approximate surface area is 97.3 Å². The lowest BCUT2D eigenvalue weighted by molar-refractivity contribution is 0.294. The second kappa shape index (κ2) is 6.14. The van der Waals surface area contributed by atoms with E-state index < -0.39 is 0 Å². The van der Waals surface area contributed by atoms with Crippen molar-refractivity contribution in [3.05, 3.63) is 29.8 Å². The van der Waals surface area contributed by atoms with Gasteiger partial charge in [0.05, 0.1) is 18.7 Å². The van der Waals surface area contributed by atoms with E-state index in [0.29, 0.717) is 6.61 Å². The van der Waals surface area contributed by atoms with Crippen LogP contribution >= 0.6 is 0 Å². The van der Waals surface area contributed by atoms with Gasteiger partial charge in [0.2, 0.25) is 0 Å². The molecule has 0 heterocycles. The molecule has 0 bridgehead atoms. The lowest BCUT2D eigenvalue weighted by atomic mass is 10.2. The lowest BCUT2D eigenvalue weighted by Crippen LogP contribution is -2.26. The summed E-state index contributed by atoms with van der Waals surface area (Å²) in [4.78, 5) is 2.01. The molecule has 1 aromatic rings. The van der Waals surface area contributed by atoms with E-state index >= 15 is 0 Å². The first-order valence-electron chi connectivity index (χ1n) is 5.49. The minimum absolute atomic E-state index is 0.0634. The smallest absolute Gasteiger partial charge is 0.119 e. The van der Waals surface area contributed by atoms with Crippen LogP contribution in [-0.4, -0.2) is 24.6 Å². The van der Waals surface area contributed by atoms with E-state index in [-0.39, 0.29) is 6.04 Å². The van der Waals surface area contributed by atoms with E-state index in [1.165, 1.54) is 5.56 Å². The zero-order chi connectivity index (χ0) is 12.0. The average Bonchev–Trinajstić information content (AvgIpc) is 2.31. The van der Waals surface area contributed by atoms with Crippen LogP contribution in [0.25, 0.3) is 0 Å². The van der Waals surface area contributed by atoms with Gasteiger partial charge in [-0.15, -0.1) is 0 Å². The van der Waals surface area contributed by atoms with Gasteiger partial charge in [0, 0.05) is 6.54 Å². The lowest BCUT2D eigenvalue weighted by Gasteiger charge is -2.18. The molecule has 0 saturated carbocycles. The molecule has 1 unspecified atom stereocenters. The Hall–Kier alpha value is -1.53. The van der Waals surface area contributed by atoms with Crippen LogP contribution in [-0.2, 0) is 6.54 Å². The molecular formula is C13H18N2O. The van der Waals surface area contributed by atoms with Gasteiger partial charge in [-0.1, -0.05) is 12.1 Å². The van der Waals surface area contributed by atoms with Gasteiger partial charge in [-0.3, -0.25) is 4.90 Å². The zero-order valence-corrected chi connectivity index (χ0v) is 10.1. The SMILES string of the molecule is CCOc1ccc(CN(C)C(C)C#N)cc1. The molecule has 1 rings (SSSR count). The average molecular weight is 218 g/mol. The monoisotopic (exact) mass is 218 g/mol. The van der Waals surface area contributed by atoms with E-state index in [1.807, 2.05) is 50.1 Å². The summed E-state index contributed by atoms with van der Waals surface area (Å²) in [7, 11) is 1.95. The molecule has 0 aromatic heterocycles. The Morgan fingerprint density at radius 1 is 1.38 bits per heavy atom. The minimum atomic E-state index is -0.0634. The molecule has 3 nitrogen and oxygen atoms in total. The Kier molecular flexibility index (Phi) is 4.81. The fourth-order valence-corrected chi connectivity index (χ4v) is 1.38. The van der Waals surface area contributed by atoms with Crippen molar-refractivity contribution in [3.63, 3.8) is 0 Å². The van der Waals surface area contributed by atoms with Crippen molar-refractivity contribution >= 4 is 0 Å². The van der Waals surface area contributed by atoms with Crippen LogP contribution in [0.4, 0.5) is 0 Å². The fourth-order valence-electron chi connectivity index (χ4n) is 1.38. The second-order valence-electron chi connectivity index (χ2n) is 3.80. The number of benzene rings is 1. The number of nitriles is 1.